The molecule has 0 amide bonds. The van der Waals surface area contributed by atoms with Crippen LogP contribution in [-0.2, 0) is 4.74 Å². The van der Waals surface area contributed by atoms with Gasteiger partial charge in [0.1, 0.15) is 5.75 Å². The maximum atomic E-state index is 5.25. The van der Waals surface area contributed by atoms with Crippen molar-refractivity contribution < 1.29 is 9.47 Å². The molecule has 0 aliphatic heterocycles. The molecule has 2 aromatic rings. The lowest BCUT2D eigenvalue weighted by Crippen LogP contribution is -2.23. The van der Waals surface area contributed by atoms with E-state index in [1.54, 1.807) is 14.2 Å². The first kappa shape index (κ1) is 14.8. The molecule has 1 atom stereocenters. The molecule has 0 radical (unpaired) electrons. The summed E-state index contributed by atoms with van der Waals surface area (Å²) in [5.41, 5.74) is 1.35. The van der Waals surface area contributed by atoms with Crippen LogP contribution in [0.5, 0.6) is 5.75 Å². The SMILES string of the molecule is COCCNCC(C)c1ccc2cc(OC)ccc2c1. The molecule has 3 nitrogen and oxygen atoms in total. The number of fused-ring (bicyclic) bond motifs is 1. The Morgan fingerprint density at radius 3 is 2.55 bits per heavy atom. The number of benzene rings is 2. The second-order valence-electron chi connectivity index (χ2n) is 5.07. The van der Waals surface area contributed by atoms with Crippen LogP contribution in [-0.4, -0.2) is 33.9 Å². The van der Waals surface area contributed by atoms with Crippen LogP contribution < -0.4 is 10.1 Å². The fourth-order valence-corrected chi connectivity index (χ4v) is 2.29. The normalized spacial score (nSPS) is 12.6. The highest BCUT2D eigenvalue weighted by atomic mass is 16.5. The van der Waals surface area contributed by atoms with Gasteiger partial charge >= 0.3 is 0 Å². The summed E-state index contributed by atoms with van der Waals surface area (Å²) in [6.45, 7) is 4.85. The van der Waals surface area contributed by atoms with Crippen molar-refractivity contribution in [2.24, 2.45) is 0 Å². The van der Waals surface area contributed by atoms with E-state index < -0.39 is 0 Å². The van der Waals surface area contributed by atoms with E-state index >= 15 is 0 Å². The topological polar surface area (TPSA) is 30.5 Å². The zero-order chi connectivity index (χ0) is 14.4. The summed E-state index contributed by atoms with van der Waals surface area (Å²) < 4.78 is 10.3. The Labute approximate surface area is 120 Å². The first-order chi connectivity index (χ1) is 9.74. The van der Waals surface area contributed by atoms with Gasteiger partial charge < -0.3 is 14.8 Å². The fraction of sp³-hybridized carbons (Fsp3) is 0.412. The van der Waals surface area contributed by atoms with Crippen LogP contribution in [0, 0.1) is 0 Å². The van der Waals surface area contributed by atoms with E-state index in [-0.39, 0.29) is 0 Å². The molecule has 20 heavy (non-hydrogen) atoms. The smallest absolute Gasteiger partial charge is 0.119 e. The van der Waals surface area contributed by atoms with Crippen LogP contribution in [0.25, 0.3) is 10.8 Å². The molecule has 0 aliphatic carbocycles. The predicted octanol–water partition coefficient (Wildman–Crippen LogP) is 3.19. The number of nitrogens with one attached hydrogen (secondary N) is 1. The van der Waals surface area contributed by atoms with Crippen molar-refractivity contribution in [1.82, 2.24) is 5.32 Å². The minimum Gasteiger partial charge on any atom is -0.497 e. The maximum Gasteiger partial charge on any atom is 0.119 e. The van der Waals surface area contributed by atoms with Gasteiger partial charge in [0.05, 0.1) is 13.7 Å². The van der Waals surface area contributed by atoms with Gasteiger partial charge in [0, 0.05) is 20.2 Å². The first-order valence-corrected chi connectivity index (χ1v) is 7.02. The van der Waals surface area contributed by atoms with Gasteiger partial charge in [-0.1, -0.05) is 31.2 Å². The molecule has 0 spiro atoms. The molecule has 0 saturated heterocycles. The van der Waals surface area contributed by atoms with E-state index in [1.807, 2.05) is 6.07 Å². The minimum absolute atomic E-state index is 0.485. The van der Waals surface area contributed by atoms with Crippen LogP contribution in [0.2, 0.25) is 0 Å². The molecule has 108 valence electrons. The van der Waals surface area contributed by atoms with Crippen molar-refractivity contribution in [3.05, 3.63) is 42.0 Å². The molecule has 2 aromatic carbocycles. The molecule has 0 aliphatic rings. The Bertz CT molecular complexity index is 554. The lowest BCUT2D eigenvalue weighted by Gasteiger charge is -2.14. The Morgan fingerprint density at radius 2 is 1.80 bits per heavy atom. The van der Waals surface area contributed by atoms with Gasteiger partial charge in [-0.3, -0.25) is 0 Å². The zero-order valence-electron chi connectivity index (χ0n) is 12.5. The molecule has 0 heterocycles. The largest absolute Gasteiger partial charge is 0.497 e. The van der Waals surface area contributed by atoms with Crippen LogP contribution in [0.1, 0.15) is 18.4 Å². The molecule has 1 unspecified atom stereocenters. The number of methoxy groups -OCH3 is 2. The van der Waals surface area contributed by atoms with Crippen molar-refractivity contribution in [2.45, 2.75) is 12.8 Å². The van der Waals surface area contributed by atoms with Crippen LogP contribution in [0.4, 0.5) is 0 Å². The van der Waals surface area contributed by atoms with E-state index in [4.69, 9.17) is 9.47 Å². The molecular weight excluding hydrogens is 250 g/mol. The standard InChI is InChI=1S/C17H23NO2/c1-13(12-18-8-9-19-2)14-4-5-16-11-17(20-3)7-6-15(16)10-14/h4-7,10-11,13,18H,8-9,12H2,1-3H3. The van der Waals surface area contributed by atoms with Crippen molar-refractivity contribution in [3.63, 3.8) is 0 Å². The zero-order valence-corrected chi connectivity index (χ0v) is 12.5. The highest BCUT2D eigenvalue weighted by molar-refractivity contribution is 5.84. The average Bonchev–Trinajstić information content (AvgIpc) is 2.50. The quantitative estimate of drug-likeness (QED) is 0.786. The Kier molecular flexibility index (Phi) is 5.39. The third-order valence-corrected chi connectivity index (χ3v) is 3.57. The van der Waals surface area contributed by atoms with E-state index in [2.05, 4.69) is 42.6 Å². The van der Waals surface area contributed by atoms with Crippen molar-refractivity contribution in [1.29, 1.82) is 0 Å². The fourth-order valence-electron chi connectivity index (χ4n) is 2.29. The molecule has 0 aromatic heterocycles. The molecule has 0 bridgehead atoms. The summed E-state index contributed by atoms with van der Waals surface area (Å²) in [6.07, 6.45) is 0. The Morgan fingerprint density at radius 1 is 1.05 bits per heavy atom. The lowest BCUT2D eigenvalue weighted by molar-refractivity contribution is 0.199. The third-order valence-electron chi connectivity index (χ3n) is 3.57. The van der Waals surface area contributed by atoms with Gasteiger partial charge in [0.2, 0.25) is 0 Å². The second-order valence-corrected chi connectivity index (χ2v) is 5.07. The van der Waals surface area contributed by atoms with Gasteiger partial charge in [0.15, 0.2) is 0 Å². The Balaban J connectivity index is 2.07. The summed E-state index contributed by atoms with van der Waals surface area (Å²) in [7, 11) is 3.42. The second kappa shape index (κ2) is 7.27. The van der Waals surface area contributed by atoms with E-state index in [1.165, 1.54) is 16.3 Å². The predicted molar refractivity (Wildman–Crippen MR) is 83.7 cm³/mol. The Hall–Kier alpha value is -1.58. The molecule has 2 rings (SSSR count). The highest BCUT2D eigenvalue weighted by Crippen LogP contribution is 2.24. The van der Waals surface area contributed by atoms with Crippen LogP contribution >= 0.6 is 0 Å². The number of hydrogen-bond acceptors (Lipinski definition) is 3. The van der Waals surface area contributed by atoms with E-state index in [0.717, 1.165) is 25.4 Å². The monoisotopic (exact) mass is 273 g/mol. The van der Waals surface area contributed by atoms with E-state index in [9.17, 15) is 0 Å². The first-order valence-electron chi connectivity index (χ1n) is 7.02. The van der Waals surface area contributed by atoms with Crippen molar-refractivity contribution in [3.8, 4) is 5.75 Å². The van der Waals surface area contributed by atoms with Crippen LogP contribution in [0.3, 0.4) is 0 Å². The molecule has 3 heteroatoms. The number of hydrogen-bond donors (Lipinski definition) is 1. The van der Waals surface area contributed by atoms with Gasteiger partial charge in [-0.25, -0.2) is 0 Å². The molecule has 1 N–H and O–H groups in total. The van der Waals surface area contributed by atoms with Crippen molar-refractivity contribution in [2.75, 3.05) is 33.9 Å². The lowest BCUT2D eigenvalue weighted by atomic mass is 9.97. The maximum absolute atomic E-state index is 5.25. The van der Waals surface area contributed by atoms with Gasteiger partial charge in [-0.2, -0.15) is 0 Å². The molecular formula is C17H23NO2. The number of ether oxygens (including phenoxy) is 2. The summed E-state index contributed by atoms with van der Waals surface area (Å²) >= 11 is 0. The molecule has 0 fully saturated rings. The minimum atomic E-state index is 0.485. The van der Waals surface area contributed by atoms with Gasteiger partial charge in [-0.15, -0.1) is 0 Å². The third kappa shape index (κ3) is 3.71. The summed E-state index contributed by atoms with van der Waals surface area (Å²) in [5.74, 6) is 1.39. The van der Waals surface area contributed by atoms with Gasteiger partial charge in [-0.05, 0) is 34.4 Å². The summed E-state index contributed by atoms with van der Waals surface area (Å²) in [4.78, 5) is 0. The molecule has 0 saturated carbocycles. The highest BCUT2D eigenvalue weighted by Gasteiger charge is 2.06. The van der Waals surface area contributed by atoms with E-state index in [0.29, 0.717) is 5.92 Å². The van der Waals surface area contributed by atoms with Crippen molar-refractivity contribution >= 4 is 10.8 Å². The van der Waals surface area contributed by atoms with Crippen LogP contribution in [0.15, 0.2) is 36.4 Å². The number of rotatable bonds is 7. The summed E-state index contributed by atoms with van der Waals surface area (Å²) in [5, 5.41) is 5.88. The average molecular weight is 273 g/mol. The summed E-state index contributed by atoms with van der Waals surface area (Å²) in [6, 6.07) is 12.8. The van der Waals surface area contributed by atoms with Gasteiger partial charge in [0.25, 0.3) is 0 Å².